The largest absolute Gasteiger partial charge is 0.494 e. The fraction of sp³-hybridized carbons (Fsp3) is 0.459. The summed E-state index contributed by atoms with van der Waals surface area (Å²) in [5.41, 5.74) is 3.63. The van der Waals surface area contributed by atoms with Crippen LogP contribution in [0.25, 0.3) is 0 Å². The number of carbonyl (C=O) groups is 2. The van der Waals surface area contributed by atoms with Gasteiger partial charge in [-0.3, -0.25) is 9.59 Å². The lowest BCUT2D eigenvalue weighted by atomic mass is 9.85. The molecule has 4 bridgehead atoms. The van der Waals surface area contributed by atoms with Crippen molar-refractivity contribution in [1.82, 2.24) is 10.6 Å². The molecule has 1 fully saturated rings. The Kier molecular flexibility index (Phi) is 10.1. The summed E-state index contributed by atoms with van der Waals surface area (Å²) in [4.78, 5) is 25.3. The molecule has 0 saturated heterocycles. The van der Waals surface area contributed by atoms with Gasteiger partial charge in [0.25, 0.3) is 5.91 Å². The summed E-state index contributed by atoms with van der Waals surface area (Å²) in [5.74, 6) is 1.11. The second kappa shape index (κ2) is 14.0. The molecule has 2 atom stereocenters. The summed E-state index contributed by atoms with van der Waals surface area (Å²) in [6.45, 7) is 9.26. The number of hydrogen-bond donors (Lipinski definition) is 3. The van der Waals surface area contributed by atoms with Gasteiger partial charge in [0.05, 0.1) is 25.4 Å². The van der Waals surface area contributed by atoms with Gasteiger partial charge in [0.2, 0.25) is 0 Å². The van der Waals surface area contributed by atoms with Crippen LogP contribution in [0.5, 0.6) is 17.2 Å². The zero-order chi connectivity index (χ0) is 32.0. The van der Waals surface area contributed by atoms with Gasteiger partial charge in [0.15, 0.2) is 5.78 Å². The van der Waals surface area contributed by atoms with E-state index in [4.69, 9.17) is 14.2 Å². The molecule has 2 aliphatic rings. The lowest BCUT2D eigenvalue weighted by Crippen LogP contribution is -2.50. The molecule has 3 aromatic rings. The van der Waals surface area contributed by atoms with Crippen LogP contribution < -0.4 is 24.8 Å². The number of amides is 1. The van der Waals surface area contributed by atoms with Gasteiger partial charge in [-0.2, -0.15) is 0 Å². The molecule has 0 aromatic heterocycles. The minimum Gasteiger partial charge on any atom is -0.494 e. The lowest BCUT2D eigenvalue weighted by molar-refractivity contribution is -0.118. The van der Waals surface area contributed by atoms with E-state index in [-0.39, 0.29) is 29.3 Å². The van der Waals surface area contributed by atoms with Crippen LogP contribution in [-0.4, -0.2) is 55.3 Å². The van der Waals surface area contributed by atoms with E-state index in [1.807, 2.05) is 24.3 Å². The van der Waals surface area contributed by atoms with Crippen molar-refractivity contribution in [3.05, 3.63) is 89.0 Å². The zero-order valence-electron chi connectivity index (χ0n) is 26.9. The number of fused-ring (bicyclic) bond motifs is 4. The summed E-state index contributed by atoms with van der Waals surface area (Å²) in [6.07, 6.45) is 3.06. The van der Waals surface area contributed by atoms with Crippen molar-refractivity contribution in [3.8, 4) is 17.2 Å². The van der Waals surface area contributed by atoms with Crippen LogP contribution in [-0.2, 0) is 22.2 Å². The van der Waals surface area contributed by atoms with Crippen molar-refractivity contribution >= 4 is 11.7 Å². The summed E-state index contributed by atoms with van der Waals surface area (Å²) in [7, 11) is 0. The third kappa shape index (κ3) is 8.86. The third-order valence-corrected chi connectivity index (χ3v) is 8.48. The van der Waals surface area contributed by atoms with Crippen molar-refractivity contribution in [2.24, 2.45) is 0 Å². The maximum atomic E-state index is 13.7. The number of nitrogens with one attached hydrogen (secondary N) is 2. The number of carbonyl (C=O) groups excluding carboxylic acids is 2. The van der Waals surface area contributed by atoms with Crippen LogP contribution in [0.1, 0.15) is 80.4 Å². The highest BCUT2D eigenvalue weighted by molar-refractivity contribution is 5.95. The van der Waals surface area contributed by atoms with E-state index in [1.165, 1.54) is 18.1 Å². The zero-order valence-corrected chi connectivity index (χ0v) is 26.9. The maximum Gasteiger partial charge on any atom is 0.251 e. The van der Waals surface area contributed by atoms with Crippen molar-refractivity contribution in [3.63, 3.8) is 0 Å². The van der Waals surface area contributed by atoms with Gasteiger partial charge >= 0.3 is 0 Å². The second-order valence-electron chi connectivity index (χ2n) is 13.4. The number of Topliss-reactive ketones (excluding diaryl/α,β-unsaturated/α-hetero) is 1. The van der Waals surface area contributed by atoms with Crippen molar-refractivity contribution < 1.29 is 28.9 Å². The average Bonchev–Trinajstić information content (AvgIpc) is 3.81. The molecule has 0 radical (unpaired) electrons. The second-order valence-corrected chi connectivity index (χ2v) is 13.4. The first-order valence-corrected chi connectivity index (χ1v) is 16.0. The van der Waals surface area contributed by atoms with Gasteiger partial charge in [0.1, 0.15) is 23.9 Å². The van der Waals surface area contributed by atoms with Gasteiger partial charge in [0, 0.05) is 23.7 Å². The molecular weight excluding hydrogens is 568 g/mol. The first-order chi connectivity index (χ1) is 21.5. The van der Waals surface area contributed by atoms with Crippen molar-refractivity contribution in [2.75, 3.05) is 26.4 Å². The fourth-order valence-electron chi connectivity index (χ4n) is 5.61. The smallest absolute Gasteiger partial charge is 0.251 e. The molecule has 1 aliphatic carbocycles. The van der Waals surface area contributed by atoms with E-state index in [0.717, 1.165) is 37.0 Å². The molecule has 1 amide bonds. The standard InChI is InChI=1S/C37H46N2O6/c1-25(40)24-45-32-20-27-19-31(22-32)44-16-6-5-15-43-30-12-7-9-26(17-30)18-33(39-35(27)42)34(41)23-38-37(13-14-37)29-11-8-10-28(21-29)36(2,3)4/h7-12,17,19-22,33-34,38,41H,5-6,13-16,18,23-24H2,1-4H3,(H,39,42)/t33-,34+/m1/s1. The molecule has 8 heteroatoms. The van der Waals surface area contributed by atoms with Crippen LogP contribution in [0, 0.1) is 0 Å². The third-order valence-electron chi connectivity index (χ3n) is 8.48. The quantitative estimate of drug-likeness (QED) is 0.308. The highest BCUT2D eigenvalue weighted by Gasteiger charge is 2.44. The molecule has 45 heavy (non-hydrogen) atoms. The van der Waals surface area contributed by atoms with E-state index in [9.17, 15) is 14.7 Å². The Morgan fingerprint density at radius 3 is 2.47 bits per heavy atom. The number of ketones is 1. The molecule has 8 nitrogen and oxygen atoms in total. The summed E-state index contributed by atoms with van der Waals surface area (Å²) in [5, 5.41) is 18.3. The van der Waals surface area contributed by atoms with Gasteiger partial charge < -0.3 is 30.0 Å². The number of rotatable bonds is 8. The Bertz CT molecular complexity index is 1490. The number of hydrogen-bond acceptors (Lipinski definition) is 7. The van der Waals surface area contributed by atoms with Crippen LogP contribution in [0.3, 0.4) is 0 Å². The first-order valence-electron chi connectivity index (χ1n) is 16.0. The van der Waals surface area contributed by atoms with Gasteiger partial charge in [-0.15, -0.1) is 0 Å². The van der Waals surface area contributed by atoms with E-state index in [2.05, 4.69) is 55.7 Å². The molecule has 5 rings (SSSR count). The van der Waals surface area contributed by atoms with Crippen LogP contribution in [0.2, 0.25) is 0 Å². The van der Waals surface area contributed by atoms with Crippen LogP contribution in [0.4, 0.5) is 0 Å². The SMILES string of the molecule is CC(=O)COc1cc2cc(c1)C(=O)N[C@@H]([C@@H](O)CNC1(c3cccc(C(C)(C)C)c3)CC1)Cc1cccc(c1)OCCCCO2. The van der Waals surface area contributed by atoms with Gasteiger partial charge in [-0.05, 0) is 85.4 Å². The minimum atomic E-state index is -0.881. The molecule has 3 N–H and O–H groups in total. The molecular formula is C37H46N2O6. The van der Waals surface area contributed by atoms with Gasteiger partial charge in [-0.25, -0.2) is 0 Å². The van der Waals surface area contributed by atoms with Crippen molar-refractivity contribution in [2.45, 2.75) is 82.9 Å². The average molecular weight is 615 g/mol. The van der Waals surface area contributed by atoms with Crippen molar-refractivity contribution in [1.29, 1.82) is 0 Å². The topological polar surface area (TPSA) is 106 Å². The predicted molar refractivity (Wildman–Crippen MR) is 174 cm³/mol. The fourth-order valence-corrected chi connectivity index (χ4v) is 5.61. The normalized spacial score (nSPS) is 19.0. The van der Waals surface area contributed by atoms with E-state index in [0.29, 0.717) is 43.2 Å². The first kappa shape index (κ1) is 32.5. The highest BCUT2D eigenvalue weighted by atomic mass is 16.5. The summed E-state index contributed by atoms with van der Waals surface area (Å²) in [6, 6.07) is 20.9. The molecule has 1 saturated carbocycles. The Balaban J connectivity index is 1.38. The predicted octanol–water partition coefficient (Wildman–Crippen LogP) is 5.48. The monoisotopic (exact) mass is 614 g/mol. The molecule has 0 spiro atoms. The summed E-state index contributed by atoms with van der Waals surface area (Å²) < 4.78 is 17.6. The van der Waals surface area contributed by atoms with E-state index < -0.39 is 12.1 Å². The number of aliphatic hydroxyl groups is 1. The molecule has 3 aromatic carbocycles. The van der Waals surface area contributed by atoms with Crippen LogP contribution >= 0.6 is 0 Å². The van der Waals surface area contributed by atoms with E-state index >= 15 is 0 Å². The van der Waals surface area contributed by atoms with E-state index in [1.54, 1.807) is 18.2 Å². The number of ether oxygens (including phenoxy) is 3. The summed E-state index contributed by atoms with van der Waals surface area (Å²) >= 11 is 0. The maximum absolute atomic E-state index is 13.7. The highest BCUT2D eigenvalue weighted by Crippen LogP contribution is 2.46. The molecule has 1 aliphatic heterocycles. The molecule has 0 unspecified atom stereocenters. The number of aliphatic hydroxyl groups excluding tert-OH is 1. The van der Waals surface area contributed by atoms with Crippen LogP contribution in [0.15, 0.2) is 66.7 Å². The Labute approximate surface area is 266 Å². The Morgan fingerprint density at radius 1 is 1.02 bits per heavy atom. The Morgan fingerprint density at radius 2 is 1.76 bits per heavy atom. The minimum absolute atomic E-state index is 0.0389. The molecule has 240 valence electrons. The van der Waals surface area contributed by atoms with Gasteiger partial charge in [-0.1, -0.05) is 57.2 Å². The Hall–Kier alpha value is -3.88. The number of benzene rings is 3. The lowest BCUT2D eigenvalue weighted by Gasteiger charge is -2.28. The molecule has 1 heterocycles.